The maximum Gasteiger partial charge on any atom is 0.222 e. The molecule has 15 heavy (non-hydrogen) atoms. The van der Waals surface area contributed by atoms with Gasteiger partial charge < -0.3 is 4.90 Å². The molecule has 0 aromatic carbocycles. The van der Waals surface area contributed by atoms with E-state index in [1.54, 1.807) is 0 Å². The van der Waals surface area contributed by atoms with E-state index in [9.17, 15) is 4.79 Å². The van der Waals surface area contributed by atoms with Gasteiger partial charge in [-0.2, -0.15) is 0 Å². The minimum absolute atomic E-state index is 0.340. The minimum atomic E-state index is 0.340. The Balaban J connectivity index is 1.79. The zero-order chi connectivity index (χ0) is 10.8. The van der Waals surface area contributed by atoms with Crippen molar-refractivity contribution >= 4 is 21.8 Å². The number of hydrogen-bond acceptors (Lipinski definition) is 1. The number of fused-ring (bicyclic) bond motifs is 2. The molecule has 0 heterocycles. The fraction of sp³-hybridized carbons (Fsp3) is 0.917. The summed E-state index contributed by atoms with van der Waals surface area (Å²) in [4.78, 5) is 13.7. The van der Waals surface area contributed by atoms with Crippen LogP contribution in [0, 0.1) is 17.8 Å². The third kappa shape index (κ3) is 2.55. The summed E-state index contributed by atoms with van der Waals surface area (Å²) in [6.45, 7) is 0.833. The smallest absolute Gasteiger partial charge is 0.222 e. The van der Waals surface area contributed by atoms with Gasteiger partial charge >= 0.3 is 0 Å². The zero-order valence-electron chi connectivity index (χ0n) is 9.42. The maximum absolute atomic E-state index is 11.9. The molecule has 0 saturated heterocycles. The number of rotatable bonds is 4. The summed E-state index contributed by atoms with van der Waals surface area (Å²) in [6.07, 6.45) is 6.32. The third-order valence-electron chi connectivity index (χ3n) is 4.17. The predicted molar refractivity (Wildman–Crippen MR) is 65.0 cm³/mol. The quantitative estimate of drug-likeness (QED) is 0.722. The molecule has 2 saturated carbocycles. The number of carbonyl (C=O) groups excluding carboxylic acids is 1. The predicted octanol–water partition coefficient (Wildman–Crippen LogP) is 2.67. The molecule has 0 aliphatic heterocycles. The number of alkyl halides is 1. The molecule has 2 rings (SSSR count). The van der Waals surface area contributed by atoms with Gasteiger partial charge in [-0.05, 0) is 37.0 Å². The fourth-order valence-electron chi connectivity index (χ4n) is 3.26. The van der Waals surface area contributed by atoms with Crippen LogP contribution in [0.1, 0.15) is 32.1 Å². The van der Waals surface area contributed by atoms with E-state index in [1.165, 1.54) is 25.7 Å². The normalized spacial score (nSPS) is 33.3. The van der Waals surface area contributed by atoms with Crippen LogP contribution in [0.4, 0.5) is 0 Å². The highest BCUT2D eigenvalue weighted by atomic mass is 79.9. The van der Waals surface area contributed by atoms with Gasteiger partial charge in [0, 0.05) is 25.3 Å². The Labute approximate surface area is 101 Å². The van der Waals surface area contributed by atoms with Gasteiger partial charge in [0.25, 0.3) is 0 Å². The zero-order valence-corrected chi connectivity index (χ0v) is 11.0. The van der Waals surface area contributed by atoms with Gasteiger partial charge in [-0.25, -0.2) is 0 Å². The molecule has 0 aromatic rings. The molecule has 0 N–H and O–H groups in total. The van der Waals surface area contributed by atoms with Crippen LogP contribution in [0.2, 0.25) is 0 Å². The molecule has 1 amide bonds. The van der Waals surface area contributed by atoms with Gasteiger partial charge in [-0.1, -0.05) is 22.4 Å². The highest BCUT2D eigenvalue weighted by Gasteiger charge is 2.40. The van der Waals surface area contributed by atoms with Crippen LogP contribution in [0.25, 0.3) is 0 Å². The van der Waals surface area contributed by atoms with E-state index in [0.29, 0.717) is 11.8 Å². The minimum Gasteiger partial charge on any atom is -0.345 e. The molecule has 2 fully saturated rings. The Morgan fingerprint density at radius 3 is 2.73 bits per heavy atom. The molecular formula is C12H20BrNO. The molecule has 2 aliphatic carbocycles. The summed E-state index contributed by atoms with van der Waals surface area (Å²) in [5.74, 6) is 2.87. The fourth-order valence-corrected chi connectivity index (χ4v) is 3.79. The Bertz CT molecular complexity index is 244. The van der Waals surface area contributed by atoms with Gasteiger partial charge in [0.1, 0.15) is 0 Å². The highest BCUT2D eigenvalue weighted by Crippen LogP contribution is 2.49. The Kier molecular flexibility index (Phi) is 3.70. The van der Waals surface area contributed by atoms with Crippen molar-refractivity contribution in [2.24, 2.45) is 17.8 Å². The summed E-state index contributed by atoms with van der Waals surface area (Å²) in [5, 5.41) is 0.881. The van der Waals surface area contributed by atoms with Crippen molar-refractivity contribution < 1.29 is 4.79 Å². The topological polar surface area (TPSA) is 20.3 Å². The SMILES string of the molecule is CN(CCBr)C(=O)CC1CC2CCC1C2. The lowest BCUT2D eigenvalue weighted by molar-refractivity contribution is -0.131. The van der Waals surface area contributed by atoms with Crippen molar-refractivity contribution in [3.8, 4) is 0 Å². The molecule has 2 aliphatic rings. The summed E-state index contributed by atoms with van der Waals surface area (Å²) < 4.78 is 0. The summed E-state index contributed by atoms with van der Waals surface area (Å²) >= 11 is 3.37. The van der Waals surface area contributed by atoms with Crippen molar-refractivity contribution in [1.82, 2.24) is 4.90 Å². The Hall–Kier alpha value is -0.0500. The average molecular weight is 274 g/mol. The van der Waals surface area contributed by atoms with Gasteiger partial charge in [-0.3, -0.25) is 4.79 Å². The van der Waals surface area contributed by atoms with E-state index >= 15 is 0 Å². The second kappa shape index (κ2) is 4.86. The molecule has 0 aromatic heterocycles. The van der Waals surface area contributed by atoms with Crippen LogP contribution in [0.15, 0.2) is 0 Å². The molecule has 3 heteroatoms. The Morgan fingerprint density at radius 1 is 1.40 bits per heavy atom. The number of nitrogens with zero attached hydrogens (tertiary/aromatic N) is 1. The Morgan fingerprint density at radius 2 is 2.20 bits per heavy atom. The van der Waals surface area contributed by atoms with Gasteiger partial charge in [0.05, 0.1) is 0 Å². The van der Waals surface area contributed by atoms with E-state index < -0.39 is 0 Å². The van der Waals surface area contributed by atoms with Crippen LogP contribution in [-0.2, 0) is 4.79 Å². The lowest BCUT2D eigenvalue weighted by atomic mass is 9.86. The number of halogens is 1. The first-order valence-corrected chi connectivity index (χ1v) is 7.12. The first-order chi connectivity index (χ1) is 7.20. The van der Waals surface area contributed by atoms with Crippen molar-refractivity contribution in [3.05, 3.63) is 0 Å². The second-order valence-corrected chi connectivity index (χ2v) is 5.94. The highest BCUT2D eigenvalue weighted by molar-refractivity contribution is 9.09. The van der Waals surface area contributed by atoms with E-state index in [-0.39, 0.29) is 0 Å². The van der Waals surface area contributed by atoms with Crippen LogP contribution in [0.5, 0.6) is 0 Å². The van der Waals surface area contributed by atoms with Crippen molar-refractivity contribution in [1.29, 1.82) is 0 Å². The largest absolute Gasteiger partial charge is 0.345 e. The van der Waals surface area contributed by atoms with E-state index in [2.05, 4.69) is 15.9 Å². The molecule has 3 unspecified atom stereocenters. The van der Waals surface area contributed by atoms with Crippen molar-refractivity contribution in [2.75, 3.05) is 18.9 Å². The maximum atomic E-state index is 11.9. The number of amides is 1. The third-order valence-corrected chi connectivity index (χ3v) is 4.52. The first kappa shape index (κ1) is 11.4. The van der Waals surface area contributed by atoms with E-state index in [4.69, 9.17) is 0 Å². The van der Waals surface area contributed by atoms with Crippen molar-refractivity contribution in [3.63, 3.8) is 0 Å². The summed E-state index contributed by atoms with van der Waals surface area (Å²) in [7, 11) is 1.91. The molecule has 3 atom stereocenters. The second-order valence-electron chi connectivity index (χ2n) is 5.14. The average Bonchev–Trinajstić information content (AvgIpc) is 2.79. The van der Waals surface area contributed by atoms with Crippen LogP contribution in [-0.4, -0.2) is 29.7 Å². The first-order valence-electron chi connectivity index (χ1n) is 6.00. The molecule has 0 radical (unpaired) electrons. The van der Waals surface area contributed by atoms with Gasteiger partial charge in [0.15, 0.2) is 0 Å². The van der Waals surface area contributed by atoms with Crippen molar-refractivity contribution in [2.45, 2.75) is 32.1 Å². The van der Waals surface area contributed by atoms with Crippen LogP contribution in [0.3, 0.4) is 0 Å². The van der Waals surface area contributed by atoms with E-state index in [0.717, 1.165) is 30.1 Å². The molecule has 86 valence electrons. The van der Waals surface area contributed by atoms with Gasteiger partial charge in [-0.15, -0.1) is 0 Å². The lowest BCUT2D eigenvalue weighted by Gasteiger charge is -2.24. The van der Waals surface area contributed by atoms with Crippen LogP contribution >= 0.6 is 15.9 Å². The molecule has 2 bridgehead atoms. The molecule has 0 spiro atoms. The number of hydrogen-bond donors (Lipinski definition) is 0. The van der Waals surface area contributed by atoms with Crippen LogP contribution < -0.4 is 0 Å². The molecule has 2 nitrogen and oxygen atoms in total. The van der Waals surface area contributed by atoms with Gasteiger partial charge in [0.2, 0.25) is 5.91 Å². The molecular weight excluding hydrogens is 254 g/mol. The summed E-state index contributed by atoms with van der Waals surface area (Å²) in [5.41, 5.74) is 0. The standard InChI is InChI=1S/C12H20BrNO/c1-14(5-4-13)12(15)8-11-7-9-2-3-10(11)6-9/h9-11H,2-8H2,1H3. The monoisotopic (exact) mass is 273 g/mol. The van der Waals surface area contributed by atoms with E-state index in [1.807, 2.05) is 11.9 Å². The number of carbonyl (C=O) groups is 1. The lowest BCUT2D eigenvalue weighted by Crippen LogP contribution is -2.31. The summed E-state index contributed by atoms with van der Waals surface area (Å²) in [6, 6.07) is 0.